The highest BCUT2D eigenvalue weighted by atomic mass is 16.6. The number of rotatable bonds is 6. The fourth-order valence-corrected chi connectivity index (χ4v) is 0.745. The van der Waals surface area contributed by atoms with Crippen molar-refractivity contribution in [1.29, 1.82) is 0 Å². The highest BCUT2D eigenvalue weighted by Gasteiger charge is 2.23. The molecule has 0 spiro atoms. The second-order valence-electron chi connectivity index (χ2n) is 2.87. The number of unbranched alkanes of at least 4 members (excludes halogenated alkanes) is 1. The van der Waals surface area contributed by atoms with Gasteiger partial charge in [-0.1, -0.05) is 13.3 Å². The maximum atomic E-state index is 11.2. The van der Waals surface area contributed by atoms with Crippen molar-refractivity contribution < 1.29 is 19.1 Å². The largest absolute Gasteiger partial charge is 0.465 e. The van der Waals surface area contributed by atoms with E-state index in [0.29, 0.717) is 6.61 Å². The third-order valence-electron chi connectivity index (χ3n) is 1.67. The maximum Gasteiger partial charge on any atom is 0.321 e. The first-order valence-electron chi connectivity index (χ1n) is 4.66. The van der Waals surface area contributed by atoms with Crippen LogP contribution in [0, 0.1) is 5.92 Å². The van der Waals surface area contributed by atoms with Crippen molar-refractivity contribution in [2.45, 2.75) is 26.7 Å². The van der Waals surface area contributed by atoms with E-state index in [4.69, 9.17) is 10.5 Å². The standard InChI is InChI=1S/C9H17NO4/c1-3-4-5-13-8(11)7(2)9(12)14-6-10/h7H,3-6,10H2,1-2H3. The van der Waals surface area contributed by atoms with Crippen molar-refractivity contribution in [2.24, 2.45) is 11.7 Å². The lowest BCUT2D eigenvalue weighted by atomic mass is 10.2. The summed E-state index contributed by atoms with van der Waals surface area (Å²) >= 11 is 0. The van der Waals surface area contributed by atoms with Crippen molar-refractivity contribution in [3.8, 4) is 0 Å². The SMILES string of the molecule is CCCCOC(=O)C(C)C(=O)OCN. The van der Waals surface area contributed by atoms with Gasteiger partial charge >= 0.3 is 11.9 Å². The zero-order chi connectivity index (χ0) is 11.0. The zero-order valence-electron chi connectivity index (χ0n) is 8.62. The molecule has 0 bridgehead atoms. The number of hydrogen-bond donors (Lipinski definition) is 1. The Labute approximate surface area is 83.5 Å². The van der Waals surface area contributed by atoms with Crippen LogP contribution < -0.4 is 5.73 Å². The molecule has 0 aliphatic carbocycles. The first-order chi connectivity index (χ1) is 6.63. The van der Waals surface area contributed by atoms with Crippen molar-refractivity contribution >= 4 is 11.9 Å². The van der Waals surface area contributed by atoms with Crippen LogP contribution in [0.2, 0.25) is 0 Å². The summed E-state index contributed by atoms with van der Waals surface area (Å²) < 4.78 is 9.30. The summed E-state index contributed by atoms with van der Waals surface area (Å²) in [5, 5.41) is 0. The van der Waals surface area contributed by atoms with E-state index in [9.17, 15) is 9.59 Å². The van der Waals surface area contributed by atoms with Crippen LogP contribution in [0.1, 0.15) is 26.7 Å². The van der Waals surface area contributed by atoms with Crippen LogP contribution in [-0.4, -0.2) is 25.3 Å². The van der Waals surface area contributed by atoms with Crippen molar-refractivity contribution in [3.05, 3.63) is 0 Å². The smallest absolute Gasteiger partial charge is 0.321 e. The Balaban J connectivity index is 3.80. The van der Waals surface area contributed by atoms with Crippen LogP contribution >= 0.6 is 0 Å². The molecule has 0 heterocycles. The van der Waals surface area contributed by atoms with Gasteiger partial charge < -0.3 is 9.47 Å². The molecule has 0 aromatic carbocycles. The van der Waals surface area contributed by atoms with E-state index in [1.807, 2.05) is 6.92 Å². The van der Waals surface area contributed by atoms with Crippen molar-refractivity contribution in [2.75, 3.05) is 13.3 Å². The minimum atomic E-state index is -0.893. The van der Waals surface area contributed by atoms with Gasteiger partial charge in [-0.15, -0.1) is 0 Å². The summed E-state index contributed by atoms with van der Waals surface area (Å²) in [5.41, 5.74) is 4.99. The second-order valence-corrected chi connectivity index (χ2v) is 2.87. The van der Waals surface area contributed by atoms with Gasteiger partial charge in [-0.2, -0.15) is 0 Å². The Kier molecular flexibility index (Phi) is 6.74. The molecule has 0 aromatic heterocycles. The second kappa shape index (κ2) is 7.32. The number of carbonyl (C=O) groups is 2. The predicted molar refractivity (Wildman–Crippen MR) is 50.2 cm³/mol. The van der Waals surface area contributed by atoms with E-state index >= 15 is 0 Å². The summed E-state index contributed by atoms with van der Waals surface area (Å²) in [4.78, 5) is 22.2. The lowest BCUT2D eigenvalue weighted by Gasteiger charge is -2.09. The molecule has 0 aliphatic rings. The molecule has 0 amide bonds. The van der Waals surface area contributed by atoms with Crippen LogP contribution in [0.5, 0.6) is 0 Å². The number of ether oxygens (including phenoxy) is 2. The van der Waals surface area contributed by atoms with Gasteiger partial charge in [0.1, 0.15) is 6.73 Å². The quantitative estimate of drug-likeness (QED) is 0.293. The molecule has 0 rings (SSSR count). The summed E-state index contributed by atoms with van der Waals surface area (Å²) in [6.45, 7) is 3.55. The molecule has 0 radical (unpaired) electrons. The number of carbonyl (C=O) groups excluding carboxylic acids is 2. The molecular formula is C9H17NO4. The zero-order valence-corrected chi connectivity index (χ0v) is 8.62. The first kappa shape index (κ1) is 12.9. The highest BCUT2D eigenvalue weighted by Crippen LogP contribution is 2.02. The first-order valence-corrected chi connectivity index (χ1v) is 4.66. The van der Waals surface area contributed by atoms with Crippen molar-refractivity contribution in [3.63, 3.8) is 0 Å². The lowest BCUT2D eigenvalue weighted by Crippen LogP contribution is -2.27. The van der Waals surface area contributed by atoms with E-state index < -0.39 is 17.9 Å². The van der Waals surface area contributed by atoms with Crippen molar-refractivity contribution in [1.82, 2.24) is 0 Å². The molecule has 0 saturated heterocycles. The van der Waals surface area contributed by atoms with Crippen LogP contribution in [0.4, 0.5) is 0 Å². The Morgan fingerprint density at radius 1 is 1.29 bits per heavy atom. The normalized spacial score (nSPS) is 11.9. The van der Waals surface area contributed by atoms with Gasteiger partial charge in [0.05, 0.1) is 6.61 Å². The number of hydrogen-bond acceptors (Lipinski definition) is 5. The maximum absolute atomic E-state index is 11.2. The Bertz CT molecular complexity index is 193. The van der Waals surface area contributed by atoms with Gasteiger partial charge in [0.2, 0.25) is 0 Å². The number of nitrogens with two attached hydrogens (primary N) is 1. The van der Waals surface area contributed by atoms with E-state index in [1.165, 1.54) is 6.92 Å². The molecule has 1 unspecified atom stereocenters. The van der Waals surface area contributed by atoms with Gasteiger partial charge in [-0.05, 0) is 13.3 Å². The van der Waals surface area contributed by atoms with Gasteiger partial charge in [0.25, 0.3) is 0 Å². The number of esters is 2. The fraction of sp³-hybridized carbons (Fsp3) is 0.778. The molecule has 5 nitrogen and oxygen atoms in total. The Hall–Kier alpha value is -1.10. The molecule has 1 atom stereocenters. The summed E-state index contributed by atoms with van der Waals surface area (Å²) in [6.07, 6.45) is 1.74. The molecule has 0 saturated carbocycles. The van der Waals surface area contributed by atoms with Crippen LogP contribution in [0.15, 0.2) is 0 Å². The molecule has 2 N–H and O–H groups in total. The van der Waals surface area contributed by atoms with Crippen LogP contribution in [-0.2, 0) is 19.1 Å². The van der Waals surface area contributed by atoms with E-state index in [1.54, 1.807) is 0 Å². The molecule has 5 heteroatoms. The average molecular weight is 203 g/mol. The van der Waals surface area contributed by atoms with Crippen LogP contribution in [0.25, 0.3) is 0 Å². The Morgan fingerprint density at radius 3 is 2.36 bits per heavy atom. The van der Waals surface area contributed by atoms with Crippen LogP contribution in [0.3, 0.4) is 0 Å². The highest BCUT2D eigenvalue weighted by molar-refractivity contribution is 5.94. The third kappa shape index (κ3) is 4.81. The predicted octanol–water partition coefficient (Wildman–Crippen LogP) is 0.425. The van der Waals surface area contributed by atoms with Gasteiger partial charge in [-0.25, -0.2) is 0 Å². The fourth-order valence-electron chi connectivity index (χ4n) is 0.745. The lowest BCUT2D eigenvalue weighted by molar-refractivity contribution is -0.161. The summed E-state index contributed by atoms with van der Waals surface area (Å²) in [7, 11) is 0. The van der Waals surface area contributed by atoms with E-state index in [0.717, 1.165) is 12.8 Å². The van der Waals surface area contributed by atoms with Gasteiger partial charge in [0, 0.05) is 0 Å². The molecule has 82 valence electrons. The van der Waals surface area contributed by atoms with Gasteiger partial charge in [-0.3, -0.25) is 15.3 Å². The molecule has 14 heavy (non-hydrogen) atoms. The molecule has 0 aliphatic heterocycles. The third-order valence-corrected chi connectivity index (χ3v) is 1.67. The minimum absolute atomic E-state index is 0.217. The van der Waals surface area contributed by atoms with E-state index in [2.05, 4.69) is 4.74 Å². The van der Waals surface area contributed by atoms with E-state index in [-0.39, 0.29) is 6.73 Å². The topological polar surface area (TPSA) is 78.6 Å². The Morgan fingerprint density at radius 2 is 1.86 bits per heavy atom. The minimum Gasteiger partial charge on any atom is -0.465 e. The average Bonchev–Trinajstić information content (AvgIpc) is 2.17. The summed E-state index contributed by atoms with van der Waals surface area (Å²) in [5.74, 6) is -2.10. The molecule has 0 fully saturated rings. The van der Waals surface area contributed by atoms with Gasteiger partial charge in [0.15, 0.2) is 5.92 Å². The molecular weight excluding hydrogens is 186 g/mol. The molecule has 0 aromatic rings. The summed E-state index contributed by atoms with van der Waals surface area (Å²) in [6, 6.07) is 0. The monoisotopic (exact) mass is 203 g/mol.